The van der Waals surface area contributed by atoms with Crippen molar-refractivity contribution in [3.8, 4) is 5.69 Å². The van der Waals surface area contributed by atoms with Crippen LogP contribution in [0.1, 0.15) is 35.2 Å². The molecule has 10 heteroatoms. The average molecular weight is 532 g/mol. The van der Waals surface area contributed by atoms with Crippen LogP contribution in [-0.4, -0.2) is 50.7 Å². The van der Waals surface area contributed by atoms with E-state index in [1.165, 1.54) is 16.4 Å². The van der Waals surface area contributed by atoms with Crippen molar-refractivity contribution < 1.29 is 17.9 Å². The van der Waals surface area contributed by atoms with Crippen molar-refractivity contribution in [2.24, 2.45) is 5.41 Å². The van der Waals surface area contributed by atoms with Crippen LogP contribution in [0.25, 0.3) is 11.8 Å². The number of aliphatic hydroxyl groups excluding tert-OH is 1. The van der Waals surface area contributed by atoms with Crippen LogP contribution >= 0.6 is 0 Å². The molecule has 6 rings (SSSR count). The molecule has 1 aliphatic heterocycles. The van der Waals surface area contributed by atoms with E-state index >= 15 is 0 Å². The minimum atomic E-state index is -3.81. The fraction of sp³-hybridized carbons (Fsp3) is 0.250. The number of benzene rings is 2. The van der Waals surface area contributed by atoms with E-state index in [-0.39, 0.29) is 29.6 Å². The van der Waals surface area contributed by atoms with Crippen LogP contribution in [0.4, 0.5) is 4.39 Å². The summed E-state index contributed by atoms with van der Waals surface area (Å²) in [7, 11) is -3.81. The first-order valence-electron chi connectivity index (χ1n) is 12.3. The minimum Gasteiger partial charge on any atom is -0.384 e. The Balaban J connectivity index is 1.45. The largest absolute Gasteiger partial charge is 0.384 e. The Kier molecular flexibility index (Phi) is 5.97. The van der Waals surface area contributed by atoms with Gasteiger partial charge in [0.05, 0.1) is 22.5 Å². The van der Waals surface area contributed by atoms with Gasteiger partial charge in [0, 0.05) is 30.9 Å². The summed E-state index contributed by atoms with van der Waals surface area (Å²) in [6.07, 6.45) is 6.45. The van der Waals surface area contributed by atoms with Gasteiger partial charge >= 0.3 is 0 Å². The van der Waals surface area contributed by atoms with E-state index in [0.29, 0.717) is 18.5 Å². The lowest BCUT2D eigenvalue weighted by Gasteiger charge is -2.48. The van der Waals surface area contributed by atoms with E-state index in [1.54, 1.807) is 59.7 Å². The van der Waals surface area contributed by atoms with Crippen molar-refractivity contribution in [3.63, 3.8) is 0 Å². The van der Waals surface area contributed by atoms with E-state index in [9.17, 15) is 17.9 Å². The molecule has 0 bridgehead atoms. The second-order valence-electron chi connectivity index (χ2n) is 9.86. The average Bonchev–Trinajstić information content (AvgIpc) is 3.34. The van der Waals surface area contributed by atoms with E-state index < -0.39 is 21.5 Å². The quantitative estimate of drug-likeness (QED) is 0.420. The molecule has 194 valence electrons. The van der Waals surface area contributed by atoms with Crippen molar-refractivity contribution in [3.05, 3.63) is 107 Å². The first-order chi connectivity index (χ1) is 18.3. The van der Waals surface area contributed by atoms with Gasteiger partial charge in [-0.15, -0.1) is 0 Å². The third-order valence-corrected chi connectivity index (χ3v) is 9.33. The lowest BCUT2D eigenvalue weighted by atomic mass is 9.65. The Morgan fingerprint density at radius 1 is 1.08 bits per heavy atom. The molecule has 38 heavy (non-hydrogen) atoms. The summed E-state index contributed by atoms with van der Waals surface area (Å²) in [5.74, 6) is -0.0945. The summed E-state index contributed by atoms with van der Waals surface area (Å²) in [4.78, 5) is 8.83. The van der Waals surface area contributed by atoms with Gasteiger partial charge in [0.15, 0.2) is 5.82 Å². The fourth-order valence-electron chi connectivity index (χ4n) is 5.54. The highest BCUT2D eigenvalue weighted by atomic mass is 32.2. The monoisotopic (exact) mass is 531 g/mol. The highest BCUT2D eigenvalue weighted by molar-refractivity contribution is 7.89. The summed E-state index contributed by atoms with van der Waals surface area (Å²) in [5.41, 5.74) is 3.17. The van der Waals surface area contributed by atoms with Crippen LogP contribution in [0.3, 0.4) is 0 Å². The highest BCUT2D eigenvalue weighted by Gasteiger charge is 2.51. The van der Waals surface area contributed by atoms with Crippen LogP contribution in [0.15, 0.2) is 83.7 Å². The molecule has 0 saturated carbocycles. The van der Waals surface area contributed by atoms with Crippen molar-refractivity contribution in [2.45, 2.75) is 30.8 Å². The van der Waals surface area contributed by atoms with Gasteiger partial charge in [-0.25, -0.2) is 27.5 Å². The molecule has 1 unspecified atom stereocenters. The number of hydrogen-bond donors (Lipinski definition) is 1. The summed E-state index contributed by atoms with van der Waals surface area (Å²) < 4.78 is 44.2. The number of aromatic nitrogens is 4. The molecular weight excluding hydrogens is 505 g/mol. The molecule has 4 aromatic rings. The highest BCUT2D eigenvalue weighted by Crippen LogP contribution is 2.51. The van der Waals surface area contributed by atoms with E-state index in [4.69, 9.17) is 0 Å². The maximum Gasteiger partial charge on any atom is 0.243 e. The van der Waals surface area contributed by atoms with Gasteiger partial charge in [0.25, 0.3) is 0 Å². The minimum absolute atomic E-state index is 0.0652. The maximum atomic E-state index is 13.7. The first-order valence-corrected chi connectivity index (χ1v) is 13.8. The summed E-state index contributed by atoms with van der Waals surface area (Å²) >= 11 is 0. The third-order valence-electron chi connectivity index (χ3n) is 7.48. The molecule has 2 aromatic heterocycles. The van der Waals surface area contributed by atoms with E-state index in [1.807, 2.05) is 19.1 Å². The summed E-state index contributed by atoms with van der Waals surface area (Å²) in [6.45, 7) is 2.19. The lowest BCUT2D eigenvalue weighted by molar-refractivity contribution is 0.0156. The normalized spacial score (nSPS) is 20.3. The molecule has 0 radical (unpaired) electrons. The fourth-order valence-corrected chi connectivity index (χ4v) is 7.15. The predicted molar refractivity (Wildman–Crippen MR) is 139 cm³/mol. The molecule has 2 aromatic carbocycles. The number of hydrogen-bond acceptors (Lipinski definition) is 6. The van der Waals surface area contributed by atoms with Gasteiger partial charge in [-0.05, 0) is 79.4 Å². The molecule has 1 aliphatic carbocycles. The Morgan fingerprint density at radius 3 is 2.58 bits per heavy atom. The zero-order chi connectivity index (χ0) is 26.5. The van der Waals surface area contributed by atoms with Crippen LogP contribution < -0.4 is 0 Å². The lowest BCUT2D eigenvalue weighted by Crippen LogP contribution is -2.52. The number of piperidine rings is 1. The zero-order valence-corrected chi connectivity index (χ0v) is 21.5. The van der Waals surface area contributed by atoms with Crippen LogP contribution in [0, 0.1) is 18.2 Å². The van der Waals surface area contributed by atoms with Gasteiger partial charge in [-0.2, -0.15) is 9.40 Å². The number of rotatable bonds is 5. The van der Waals surface area contributed by atoms with Crippen molar-refractivity contribution in [1.29, 1.82) is 0 Å². The van der Waals surface area contributed by atoms with Gasteiger partial charge in [0.2, 0.25) is 10.0 Å². The van der Waals surface area contributed by atoms with Crippen molar-refractivity contribution in [2.75, 3.05) is 13.1 Å². The second-order valence-corrected chi connectivity index (χ2v) is 11.8. The number of fused-ring (bicyclic) bond motifs is 2. The molecular formula is C28H26FN5O3S. The zero-order valence-electron chi connectivity index (χ0n) is 20.7. The van der Waals surface area contributed by atoms with E-state index in [2.05, 4.69) is 15.1 Å². The molecule has 0 spiro atoms. The van der Waals surface area contributed by atoms with Gasteiger partial charge in [-0.3, -0.25) is 0 Å². The number of nitrogens with zero attached hydrogens (tertiary/aromatic N) is 5. The predicted octanol–water partition coefficient (Wildman–Crippen LogP) is 3.86. The number of aliphatic hydroxyl groups is 1. The van der Waals surface area contributed by atoms with Gasteiger partial charge in [-0.1, -0.05) is 17.7 Å². The van der Waals surface area contributed by atoms with Gasteiger partial charge < -0.3 is 5.11 Å². The molecule has 0 amide bonds. The summed E-state index contributed by atoms with van der Waals surface area (Å²) in [5, 5.41) is 16.3. The van der Waals surface area contributed by atoms with Crippen LogP contribution in [0.2, 0.25) is 0 Å². The van der Waals surface area contributed by atoms with Crippen molar-refractivity contribution >= 4 is 16.1 Å². The first kappa shape index (κ1) is 24.6. The third kappa shape index (κ3) is 4.05. The van der Waals surface area contributed by atoms with Gasteiger partial charge in [0.1, 0.15) is 11.9 Å². The molecule has 1 saturated heterocycles. The molecule has 8 nitrogen and oxygen atoms in total. The Hall–Kier alpha value is -3.73. The van der Waals surface area contributed by atoms with Crippen LogP contribution in [0.5, 0.6) is 0 Å². The molecule has 3 heterocycles. The van der Waals surface area contributed by atoms with Crippen molar-refractivity contribution in [1.82, 2.24) is 24.1 Å². The molecule has 1 fully saturated rings. The Morgan fingerprint density at radius 2 is 1.84 bits per heavy atom. The summed E-state index contributed by atoms with van der Waals surface area (Å²) in [6, 6.07) is 14.6. The maximum absolute atomic E-state index is 13.7. The Bertz CT molecular complexity index is 1640. The second kappa shape index (κ2) is 9.23. The number of sulfonamides is 1. The SMILES string of the molecule is Cc1cccc(S(=O)(=O)N2CCC3=Cc4c(cnn4-c4ccc(F)cc4)CC3([C@@H](O)c3ncccn3)C2)c1. The molecule has 1 N–H and O–H groups in total. The van der Waals surface area contributed by atoms with Crippen LogP contribution in [-0.2, 0) is 16.4 Å². The molecule has 2 atom stereocenters. The topological polar surface area (TPSA) is 101 Å². The number of halogens is 1. The van der Waals surface area contributed by atoms with E-state index in [0.717, 1.165) is 22.4 Å². The Labute approximate surface area is 220 Å². The molecule has 2 aliphatic rings. The smallest absolute Gasteiger partial charge is 0.243 e. The number of aryl methyl sites for hydroxylation is 1. The standard InChI is InChI=1S/C28H26FN5O3S/c1-19-4-2-5-24(14-19)38(36,37)33-13-10-21-15-25-20(17-32-34(25)23-8-6-22(29)7-9-23)16-28(21,18-33)26(35)27-30-11-3-12-31-27/h2-9,11-12,14-15,17,26,35H,10,13,16,18H2,1H3/t26-,28?/m0/s1.